The topological polar surface area (TPSA) is 130 Å². The molecular formula is C11H12N2O6. The Hall–Kier alpha value is -2.48. The number of benzene rings is 1. The number of hydrogen-bond donors (Lipinski definition) is 3. The Kier molecular flexibility index (Phi) is 4.95. The minimum absolute atomic E-state index is 0.0513. The second kappa shape index (κ2) is 6.45. The summed E-state index contributed by atoms with van der Waals surface area (Å²) >= 11 is 0. The summed E-state index contributed by atoms with van der Waals surface area (Å²) < 4.78 is 0. The van der Waals surface area contributed by atoms with Crippen LogP contribution in [-0.4, -0.2) is 39.7 Å². The first-order valence-electron chi connectivity index (χ1n) is 5.31. The zero-order valence-electron chi connectivity index (χ0n) is 9.78. The molecule has 8 heteroatoms. The Labute approximate surface area is 107 Å². The van der Waals surface area contributed by atoms with Crippen molar-refractivity contribution in [2.24, 2.45) is 0 Å². The van der Waals surface area contributed by atoms with Crippen LogP contribution in [0.2, 0.25) is 0 Å². The van der Waals surface area contributed by atoms with Gasteiger partial charge in [-0.15, -0.1) is 0 Å². The van der Waals surface area contributed by atoms with Crippen molar-refractivity contribution in [2.45, 2.75) is 12.5 Å². The molecule has 1 rings (SSSR count). The van der Waals surface area contributed by atoms with Crippen LogP contribution in [0.25, 0.3) is 0 Å². The first-order chi connectivity index (χ1) is 8.90. The highest BCUT2D eigenvalue weighted by Gasteiger charge is 2.14. The van der Waals surface area contributed by atoms with E-state index in [1.54, 1.807) is 0 Å². The van der Waals surface area contributed by atoms with Crippen molar-refractivity contribution in [1.29, 1.82) is 0 Å². The number of aliphatic hydroxyl groups is 1. The fourth-order valence-corrected chi connectivity index (χ4v) is 1.28. The molecule has 0 aliphatic rings. The Morgan fingerprint density at radius 2 is 1.89 bits per heavy atom. The molecule has 0 aliphatic heterocycles. The van der Waals surface area contributed by atoms with Gasteiger partial charge in [-0.2, -0.15) is 0 Å². The van der Waals surface area contributed by atoms with Crippen molar-refractivity contribution in [3.05, 3.63) is 39.9 Å². The molecule has 8 nitrogen and oxygen atoms in total. The first-order valence-corrected chi connectivity index (χ1v) is 5.31. The van der Waals surface area contributed by atoms with Crippen LogP contribution < -0.4 is 5.32 Å². The number of nitrogens with one attached hydrogen (secondary N) is 1. The second-order valence-electron chi connectivity index (χ2n) is 3.76. The smallest absolute Gasteiger partial charge is 0.334 e. The minimum atomic E-state index is -1.65. The molecule has 1 atom stereocenters. The molecule has 0 saturated heterocycles. The van der Waals surface area contributed by atoms with Gasteiger partial charge >= 0.3 is 5.97 Å². The molecule has 1 aromatic rings. The number of nitro benzene ring substituents is 1. The Morgan fingerprint density at radius 1 is 1.32 bits per heavy atom. The van der Waals surface area contributed by atoms with Crippen molar-refractivity contribution >= 4 is 17.6 Å². The molecule has 0 bridgehead atoms. The molecule has 1 unspecified atom stereocenters. The lowest BCUT2D eigenvalue weighted by Crippen LogP contribution is -2.37. The molecule has 3 N–H and O–H groups in total. The number of carboxylic acid groups (broad SMARTS) is 1. The van der Waals surface area contributed by atoms with Gasteiger partial charge in [-0.1, -0.05) is 12.1 Å². The molecular weight excluding hydrogens is 256 g/mol. The Bertz CT molecular complexity index is 484. The lowest BCUT2D eigenvalue weighted by atomic mass is 10.1. The molecule has 0 heterocycles. The Morgan fingerprint density at radius 3 is 2.37 bits per heavy atom. The monoisotopic (exact) mass is 268 g/mol. The average molecular weight is 268 g/mol. The van der Waals surface area contributed by atoms with E-state index in [9.17, 15) is 19.7 Å². The standard InChI is InChI=1S/C11H12N2O6/c14-9(11(16)17)6-12-10(15)5-7-1-3-8(4-2-7)13(18)19/h1-4,9,14H,5-6H2,(H,12,15)(H,16,17). The normalized spacial score (nSPS) is 11.6. The van der Waals surface area contributed by atoms with E-state index in [4.69, 9.17) is 10.2 Å². The van der Waals surface area contributed by atoms with Crippen molar-refractivity contribution in [3.8, 4) is 0 Å². The van der Waals surface area contributed by atoms with Crippen LogP contribution >= 0.6 is 0 Å². The van der Waals surface area contributed by atoms with Gasteiger partial charge in [0, 0.05) is 12.1 Å². The highest BCUT2D eigenvalue weighted by Crippen LogP contribution is 2.12. The first kappa shape index (κ1) is 14.6. The summed E-state index contributed by atoms with van der Waals surface area (Å²) in [5.41, 5.74) is 0.471. The number of hydrogen-bond acceptors (Lipinski definition) is 5. The molecule has 0 radical (unpaired) electrons. The van der Waals surface area contributed by atoms with Crippen molar-refractivity contribution in [3.63, 3.8) is 0 Å². The van der Waals surface area contributed by atoms with E-state index in [-0.39, 0.29) is 18.7 Å². The molecule has 0 aliphatic carbocycles. The van der Waals surface area contributed by atoms with Crippen molar-refractivity contribution in [1.82, 2.24) is 5.32 Å². The van der Waals surface area contributed by atoms with Crippen LogP contribution in [0.4, 0.5) is 5.69 Å². The van der Waals surface area contributed by atoms with Gasteiger partial charge < -0.3 is 15.5 Å². The summed E-state index contributed by atoms with van der Waals surface area (Å²) in [5.74, 6) is -1.90. The highest BCUT2D eigenvalue weighted by molar-refractivity contribution is 5.80. The van der Waals surface area contributed by atoms with Crippen molar-refractivity contribution < 1.29 is 24.7 Å². The van der Waals surface area contributed by atoms with E-state index in [1.165, 1.54) is 24.3 Å². The van der Waals surface area contributed by atoms with Gasteiger partial charge in [-0.3, -0.25) is 14.9 Å². The second-order valence-corrected chi connectivity index (χ2v) is 3.76. The minimum Gasteiger partial charge on any atom is -0.479 e. The van der Waals surface area contributed by atoms with Gasteiger partial charge in [-0.05, 0) is 5.56 Å². The van der Waals surface area contributed by atoms with Gasteiger partial charge in [0.05, 0.1) is 17.9 Å². The maximum absolute atomic E-state index is 11.4. The number of nitro groups is 1. The summed E-state index contributed by atoms with van der Waals surface area (Å²) in [6.07, 6.45) is -1.70. The molecule has 19 heavy (non-hydrogen) atoms. The molecule has 1 aromatic carbocycles. The largest absolute Gasteiger partial charge is 0.479 e. The van der Waals surface area contributed by atoms with Crippen LogP contribution in [-0.2, 0) is 16.0 Å². The van der Waals surface area contributed by atoms with Crippen molar-refractivity contribution in [2.75, 3.05) is 6.54 Å². The summed E-state index contributed by atoms with van der Waals surface area (Å²) in [5, 5.41) is 30.0. The molecule has 102 valence electrons. The summed E-state index contributed by atoms with van der Waals surface area (Å²) in [6.45, 7) is -0.388. The third kappa shape index (κ3) is 4.72. The third-order valence-electron chi connectivity index (χ3n) is 2.29. The van der Waals surface area contributed by atoms with E-state index >= 15 is 0 Å². The predicted octanol–water partition coefficient (Wildman–Crippen LogP) is -0.301. The maximum Gasteiger partial charge on any atom is 0.334 e. The number of aliphatic hydroxyl groups excluding tert-OH is 1. The quantitative estimate of drug-likeness (QED) is 0.479. The fourth-order valence-electron chi connectivity index (χ4n) is 1.28. The van der Waals surface area contributed by atoms with E-state index in [1.807, 2.05) is 0 Å². The number of carbonyl (C=O) groups excluding carboxylic acids is 1. The molecule has 0 saturated carbocycles. The number of aliphatic carboxylic acids is 1. The average Bonchev–Trinajstić information content (AvgIpc) is 2.36. The van der Waals surface area contributed by atoms with Gasteiger partial charge in [0.15, 0.2) is 6.10 Å². The SMILES string of the molecule is O=C(Cc1ccc([N+](=O)[O-])cc1)NCC(O)C(=O)O. The van der Waals surface area contributed by atoms with Crippen LogP contribution in [0.3, 0.4) is 0 Å². The number of carbonyl (C=O) groups is 2. The number of nitrogens with zero attached hydrogens (tertiary/aromatic N) is 1. The van der Waals surface area contributed by atoms with Gasteiger partial charge in [0.2, 0.25) is 5.91 Å². The van der Waals surface area contributed by atoms with Gasteiger partial charge in [0.1, 0.15) is 0 Å². The van der Waals surface area contributed by atoms with Crippen LogP contribution in [0.5, 0.6) is 0 Å². The zero-order valence-corrected chi connectivity index (χ0v) is 9.78. The molecule has 0 fully saturated rings. The summed E-state index contributed by atoms with van der Waals surface area (Å²) in [6, 6.07) is 5.42. The fraction of sp³-hybridized carbons (Fsp3) is 0.273. The number of amides is 1. The van der Waals surface area contributed by atoms with E-state index in [2.05, 4.69) is 5.32 Å². The van der Waals surface area contributed by atoms with E-state index < -0.39 is 22.9 Å². The van der Waals surface area contributed by atoms with Gasteiger partial charge in [-0.25, -0.2) is 4.79 Å². The lowest BCUT2D eigenvalue weighted by Gasteiger charge is -2.07. The molecule has 0 aromatic heterocycles. The van der Waals surface area contributed by atoms with E-state index in [0.29, 0.717) is 5.56 Å². The Balaban J connectivity index is 2.48. The summed E-state index contributed by atoms with van der Waals surface area (Å²) in [4.78, 5) is 31.6. The third-order valence-corrected chi connectivity index (χ3v) is 2.29. The van der Waals surface area contributed by atoms with Crippen LogP contribution in [0, 0.1) is 10.1 Å². The summed E-state index contributed by atoms with van der Waals surface area (Å²) in [7, 11) is 0. The number of non-ortho nitro benzene ring substituents is 1. The van der Waals surface area contributed by atoms with Gasteiger partial charge in [0.25, 0.3) is 5.69 Å². The molecule has 0 spiro atoms. The number of carboxylic acids is 1. The number of rotatable bonds is 6. The zero-order chi connectivity index (χ0) is 14.4. The lowest BCUT2D eigenvalue weighted by molar-refractivity contribution is -0.384. The van der Waals surface area contributed by atoms with Crippen LogP contribution in [0.15, 0.2) is 24.3 Å². The highest BCUT2D eigenvalue weighted by atomic mass is 16.6. The van der Waals surface area contributed by atoms with E-state index in [0.717, 1.165) is 0 Å². The maximum atomic E-state index is 11.4. The predicted molar refractivity (Wildman–Crippen MR) is 63.5 cm³/mol. The molecule has 1 amide bonds. The van der Waals surface area contributed by atoms with Crippen LogP contribution in [0.1, 0.15) is 5.56 Å².